The molecule has 1 aromatic heterocycles. The molecule has 108 valence electrons. The number of rotatable bonds is 2. The fourth-order valence-corrected chi connectivity index (χ4v) is 2.83. The summed E-state index contributed by atoms with van der Waals surface area (Å²) >= 11 is 0. The van der Waals surface area contributed by atoms with E-state index >= 15 is 0 Å². The molecule has 0 saturated heterocycles. The first-order chi connectivity index (χ1) is 10.7. The Balaban J connectivity index is 1.95. The number of aromatic amines is 1. The van der Waals surface area contributed by atoms with Crippen molar-refractivity contribution in [3.8, 4) is 5.75 Å². The molecule has 2 heterocycles. The van der Waals surface area contributed by atoms with Gasteiger partial charge in [0.05, 0.1) is 29.4 Å². The number of amides is 2. The van der Waals surface area contributed by atoms with Crippen LogP contribution < -0.4 is 9.64 Å². The number of H-pyrrole nitrogens is 1. The van der Waals surface area contributed by atoms with Gasteiger partial charge in [0.1, 0.15) is 5.75 Å². The van der Waals surface area contributed by atoms with Gasteiger partial charge in [-0.15, -0.1) is 0 Å². The minimum atomic E-state index is -0.309. The zero-order valence-corrected chi connectivity index (χ0v) is 11.8. The Hall–Kier alpha value is -3.08. The second-order valence-corrected chi connectivity index (χ2v) is 5.08. The lowest BCUT2D eigenvalue weighted by atomic mass is 10.1. The van der Waals surface area contributed by atoms with E-state index in [1.807, 2.05) is 12.1 Å². The number of carbonyl (C=O) groups is 2. The zero-order valence-electron chi connectivity index (χ0n) is 11.8. The van der Waals surface area contributed by atoms with Crippen LogP contribution in [0, 0.1) is 0 Å². The Labute approximate surface area is 126 Å². The maximum absolute atomic E-state index is 12.6. The van der Waals surface area contributed by atoms with Crippen LogP contribution in [0.15, 0.2) is 48.7 Å². The second kappa shape index (κ2) is 4.46. The summed E-state index contributed by atoms with van der Waals surface area (Å²) < 4.78 is 5.27. The van der Waals surface area contributed by atoms with Gasteiger partial charge in [0.2, 0.25) is 0 Å². The van der Waals surface area contributed by atoms with Crippen LogP contribution in [0.1, 0.15) is 20.7 Å². The molecule has 5 nitrogen and oxygen atoms in total. The summed E-state index contributed by atoms with van der Waals surface area (Å²) in [5, 5.41) is 0.801. The molecule has 4 rings (SSSR count). The van der Waals surface area contributed by atoms with Gasteiger partial charge in [0, 0.05) is 23.7 Å². The lowest BCUT2D eigenvalue weighted by molar-refractivity contribution is 0.0926. The lowest BCUT2D eigenvalue weighted by Gasteiger charge is -2.16. The number of nitrogens with one attached hydrogen (secondary N) is 1. The standard InChI is InChI=1S/C17H12N2O3/c1-22-10-8-14-13(6-7-18-14)15(9-10)19-16(20)11-4-2-3-5-12(11)17(19)21/h2-9,18H,1H3. The third kappa shape index (κ3) is 1.59. The minimum absolute atomic E-state index is 0.309. The van der Waals surface area contributed by atoms with Gasteiger partial charge < -0.3 is 9.72 Å². The average molecular weight is 292 g/mol. The number of anilines is 1. The van der Waals surface area contributed by atoms with E-state index in [0.717, 1.165) is 10.9 Å². The Bertz CT molecular complexity index is 892. The van der Waals surface area contributed by atoms with Crippen molar-refractivity contribution in [3.63, 3.8) is 0 Å². The Morgan fingerprint density at radius 2 is 1.68 bits per heavy atom. The number of nitrogens with zero attached hydrogens (tertiary/aromatic N) is 1. The predicted molar refractivity (Wildman–Crippen MR) is 82.4 cm³/mol. The topological polar surface area (TPSA) is 62.4 Å². The highest BCUT2D eigenvalue weighted by Crippen LogP contribution is 2.36. The first kappa shape index (κ1) is 12.6. The average Bonchev–Trinajstić information content (AvgIpc) is 3.11. The molecular weight excluding hydrogens is 280 g/mol. The highest BCUT2D eigenvalue weighted by molar-refractivity contribution is 6.36. The molecule has 0 bridgehead atoms. The first-order valence-corrected chi connectivity index (χ1v) is 6.83. The number of aromatic nitrogens is 1. The van der Waals surface area contributed by atoms with E-state index in [0.29, 0.717) is 22.6 Å². The number of imide groups is 1. The highest BCUT2D eigenvalue weighted by atomic mass is 16.5. The van der Waals surface area contributed by atoms with Crippen molar-refractivity contribution >= 4 is 28.4 Å². The van der Waals surface area contributed by atoms with Gasteiger partial charge in [-0.1, -0.05) is 12.1 Å². The van der Waals surface area contributed by atoms with Crippen molar-refractivity contribution in [2.75, 3.05) is 12.0 Å². The third-order valence-corrected chi connectivity index (χ3v) is 3.89. The van der Waals surface area contributed by atoms with Crippen LogP contribution in [-0.4, -0.2) is 23.9 Å². The summed E-state index contributed by atoms with van der Waals surface area (Å²) in [6.45, 7) is 0. The number of methoxy groups -OCH3 is 1. The molecule has 1 N–H and O–H groups in total. The van der Waals surface area contributed by atoms with Crippen LogP contribution in [0.3, 0.4) is 0 Å². The normalized spacial score (nSPS) is 13.8. The number of hydrogen-bond donors (Lipinski definition) is 1. The van der Waals surface area contributed by atoms with Gasteiger partial charge in [-0.3, -0.25) is 9.59 Å². The first-order valence-electron chi connectivity index (χ1n) is 6.83. The van der Waals surface area contributed by atoms with E-state index in [1.54, 1.807) is 43.6 Å². The fraction of sp³-hybridized carbons (Fsp3) is 0.0588. The molecule has 2 amide bonds. The summed E-state index contributed by atoms with van der Waals surface area (Å²) in [7, 11) is 1.55. The van der Waals surface area contributed by atoms with E-state index in [4.69, 9.17) is 4.74 Å². The van der Waals surface area contributed by atoms with Crippen LogP contribution in [0.25, 0.3) is 10.9 Å². The quantitative estimate of drug-likeness (QED) is 0.739. The number of ether oxygens (including phenoxy) is 1. The van der Waals surface area contributed by atoms with E-state index in [1.165, 1.54) is 4.90 Å². The molecule has 22 heavy (non-hydrogen) atoms. The van der Waals surface area contributed by atoms with E-state index < -0.39 is 0 Å². The molecule has 0 fully saturated rings. The van der Waals surface area contributed by atoms with Crippen molar-refractivity contribution in [1.29, 1.82) is 0 Å². The molecule has 0 atom stereocenters. The number of fused-ring (bicyclic) bond motifs is 2. The Morgan fingerprint density at radius 1 is 1.00 bits per heavy atom. The Kier molecular flexibility index (Phi) is 2.56. The minimum Gasteiger partial charge on any atom is -0.497 e. The lowest BCUT2D eigenvalue weighted by Crippen LogP contribution is -2.29. The van der Waals surface area contributed by atoms with Gasteiger partial charge in [-0.2, -0.15) is 0 Å². The largest absolute Gasteiger partial charge is 0.497 e. The maximum atomic E-state index is 12.6. The van der Waals surface area contributed by atoms with Gasteiger partial charge in [-0.25, -0.2) is 4.90 Å². The molecular formula is C17H12N2O3. The van der Waals surface area contributed by atoms with Crippen LogP contribution >= 0.6 is 0 Å². The molecule has 3 aromatic rings. The van der Waals surface area contributed by atoms with E-state index in [-0.39, 0.29) is 11.8 Å². The number of benzene rings is 2. The predicted octanol–water partition coefficient (Wildman–Crippen LogP) is 2.98. The molecule has 0 spiro atoms. The molecule has 1 aliphatic rings. The second-order valence-electron chi connectivity index (χ2n) is 5.08. The fourth-order valence-electron chi connectivity index (χ4n) is 2.83. The van der Waals surface area contributed by atoms with Crippen LogP contribution in [0.4, 0.5) is 5.69 Å². The van der Waals surface area contributed by atoms with Crippen molar-refractivity contribution in [2.24, 2.45) is 0 Å². The molecule has 1 aliphatic heterocycles. The van der Waals surface area contributed by atoms with Gasteiger partial charge in [0.25, 0.3) is 11.8 Å². The molecule has 0 aliphatic carbocycles. The maximum Gasteiger partial charge on any atom is 0.266 e. The molecule has 0 saturated carbocycles. The van der Waals surface area contributed by atoms with Gasteiger partial charge in [-0.05, 0) is 18.2 Å². The van der Waals surface area contributed by atoms with E-state index in [9.17, 15) is 9.59 Å². The van der Waals surface area contributed by atoms with Crippen LogP contribution in [0.5, 0.6) is 5.75 Å². The van der Waals surface area contributed by atoms with E-state index in [2.05, 4.69) is 4.98 Å². The summed E-state index contributed by atoms with van der Waals surface area (Å²) in [4.78, 5) is 29.5. The SMILES string of the molecule is COc1cc(N2C(=O)c3ccccc3C2=O)c2cc[nH]c2c1. The van der Waals surface area contributed by atoms with Crippen molar-refractivity contribution in [1.82, 2.24) is 4.98 Å². The third-order valence-electron chi connectivity index (χ3n) is 3.89. The number of hydrogen-bond acceptors (Lipinski definition) is 3. The molecule has 0 unspecified atom stereocenters. The summed E-state index contributed by atoms with van der Waals surface area (Å²) in [6.07, 6.45) is 1.77. The van der Waals surface area contributed by atoms with Gasteiger partial charge >= 0.3 is 0 Å². The van der Waals surface area contributed by atoms with Crippen molar-refractivity contribution in [3.05, 3.63) is 59.8 Å². The summed E-state index contributed by atoms with van der Waals surface area (Å²) in [5.41, 5.74) is 2.20. The molecule has 5 heteroatoms. The van der Waals surface area contributed by atoms with Crippen LogP contribution in [0.2, 0.25) is 0 Å². The van der Waals surface area contributed by atoms with Crippen LogP contribution in [-0.2, 0) is 0 Å². The summed E-state index contributed by atoms with van der Waals surface area (Å²) in [5.74, 6) is -0.0331. The van der Waals surface area contributed by atoms with Gasteiger partial charge in [0.15, 0.2) is 0 Å². The number of carbonyl (C=O) groups excluding carboxylic acids is 2. The molecule has 2 aromatic carbocycles. The summed E-state index contributed by atoms with van der Waals surface area (Å²) in [6, 6.07) is 12.2. The highest BCUT2D eigenvalue weighted by Gasteiger charge is 2.37. The Morgan fingerprint density at radius 3 is 2.32 bits per heavy atom. The monoisotopic (exact) mass is 292 g/mol. The molecule has 0 radical (unpaired) electrons. The zero-order chi connectivity index (χ0) is 15.3. The smallest absolute Gasteiger partial charge is 0.266 e. The van der Waals surface area contributed by atoms with Crippen molar-refractivity contribution < 1.29 is 14.3 Å². The van der Waals surface area contributed by atoms with Crippen molar-refractivity contribution in [2.45, 2.75) is 0 Å².